The minimum absolute atomic E-state index is 0.0653. The third-order valence-electron chi connectivity index (χ3n) is 4.19. The van der Waals surface area contributed by atoms with E-state index in [9.17, 15) is 0 Å². The van der Waals surface area contributed by atoms with E-state index < -0.39 is 0 Å². The number of aromatic nitrogens is 1. The Morgan fingerprint density at radius 1 is 1.04 bits per heavy atom. The van der Waals surface area contributed by atoms with Crippen LogP contribution in [0.3, 0.4) is 0 Å². The first-order valence-corrected chi connectivity index (χ1v) is 8.27. The van der Waals surface area contributed by atoms with Crippen molar-refractivity contribution in [3.63, 3.8) is 0 Å². The molecule has 3 aromatic rings. The summed E-state index contributed by atoms with van der Waals surface area (Å²) in [6, 6.07) is 19.9. The Labute approximate surface area is 146 Å². The molecule has 1 saturated heterocycles. The van der Waals surface area contributed by atoms with Gasteiger partial charge in [-0.1, -0.05) is 24.3 Å². The SMILES string of the molecule is Cc1ccc([C@@H]2[C@@H](c3ccccn3)NC(=S)N2c2ccccc2)o1. The summed E-state index contributed by atoms with van der Waals surface area (Å²) in [7, 11) is 0. The van der Waals surface area contributed by atoms with Crippen LogP contribution in [0.4, 0.5) is 5.69 Å². The first-order valence-electron chi connectivity index (χ1n) is 7.86. The van der Waals surface area contributed by atoms with Crippen LogP contribution in [0.5, 0.6) is 0 Å². The minimum atomic E-state index is -0.0801. The van der Waals surface area contributed by atoms with Crippen LogP contribution in [-0.2, 0) is 0 Å². The third kappa shape index (κ3) is 2.57. The number of rotatable bonds is 3. The van der Waals surface area contributed by atoms with Crippen LogP contribution in [-0.4, -0.2) is 10.1 Å². The average Bonchev–Trinajstić information content (AvgIpc) is 3.19. The van der Waals surface area contributed by atoms with Gasteiger partial charge in [-0.3, -0.25) is 4.98 Å². The van der Waals surface area contributed by atoms with E-state index in [2.05, 4.69) is 27.3 Å². The van der Waals surface area contributed by atoms with Crippen molar-refractivity contribution in [3.8, 4) is 0 Å². The molecule has 0 spiro atoms. The first kappa shape index (κ1) is 14.9. The van der Waals surface area contributed by atoms with Gasteiger partial charge in [-0.05, 0) is 55.5 Å². The fourth-order valence-electron chi connectivity index (χ4n) is 3.12. The highest BCUT2D eigenvalue weighted by Crippen LogP contribution is 2.41. The van der Waals surface area contributed by atoms with Gasteiger partial charge in [0.15, 0.2) is 5.11 Å². The molecule has 120 valence electrons. The maximum absolute atomic E-state index is 5.95. The van der Waals surface area contributed by atoms with Gasteiger partial charge < -0.3 is 14.6 Å². The lowest BCUT2D eigenvalue weighted by Gasteiger charge is -2.26. The number of nitrogens with zero attached hydrogens (tertiary/aromatic N) is 2. The molecule has 0 radical (unpaired) electrons. The van der Waals surface area contributed by atoms with Crippen LogP contribution < -0.4 is 10.2 Å². The summed E-state index contributed by atoms with van der Waals surface area (Å²) in [5, 5.41) is 4.09. The normalized spacial score (nSPS) is 20.2. The molecule has 2 aromatic heterocycles. The molecule has 1 aromatic carbocycles. The lowest BCUT2D eigenvalue weighted by molar-refractivity contribution is 0.418. The second-order valence-electron chi connectivity index (χ2n) is 5.78. The van der Waals surface area contributed by atoms with E-state index in [0.29, 0.717) is 5.11 Å². The van der Waals surface area contributed by atoms with Gasteiger partial charge in [-0.25, -0.2) is 0 Å². The van der Waals surface area contributed by atoms with E-state index in [4.69, 9.17) is 16.6 Å². The maximum atomic E-state index is 5.95. The number of thiocarbonyl (C=S) groups is 1. The van der Waals surface area contributed by atoms with Gasteiger partial charge in [-0.2, -0.15) is 0 Å². The Balaban J connectivity index is 1.82. The van der Waals surface area contributed by atoms with Crippen LogP contribution >= 0.6 is 12.2 Å². The molecule has 4 nitrogen and oxygen atoms in total. The van der Waals surface area contributed by atoms with E-state index in [1.165, 1.54) is 0 Å². The Hall–Kier alpha value is -2.66. The second kappa shape index (κ2) is 6.09. The maximum Gasteiger partial charge on any atom is 0.174 e. The van der Waals surface area contributed by atoms with Crippen LogP contribution in [0.1, 0.15) is 29.3 Å². The van der Waals surface area contributed by atoms with Gasteiger partial charge in [0.25, 0.3) is 0 Å². The van der Waals surface area contributed by atoms with Crippen LogP contribution in [0.25, 0.3) is 0 Å². The molecule has 0 aliphatic carbocycles. The van der Waals surface area contributed by atoms with Gasteiger partial charge in [-0.15, -0.1) is 0 Å². The average molecular weight is 335 g/mol. The van der Waals surface area contributed by atoms with Crippen LogP contribution in [0, 0.1) is 6.92 Å². The van der Waals surface area contributed by atoms with Crippen molar-refractivity contribution in [2.45, 2.75) is 19.0 Å². The number of aryl methyl sites for hydroxylation is 1. The minimum Gasteiger partial charge on any atom is -0.464 e. The Bertz CT molecular complexity index is 847. The van der Waals surface area contributed by atoms with Crippen LogP contribution in [0.15, 0.2) is 71.3 Å². The zero-order valence-electron chi connectivity index (χ0n) is 13.2. The molecule has 24 heavy (non-hydrogen) atoms. The number of nitrogens with one attached hydrogen (secondary N) is 1. The van der Waals surface area contributed by atoms with Crippen molar-refractivity contribution >= 4 is 23.0 Å². The van der Waals surface area contributed by atoms with Gasteiger partial charge in [0.05, 0.1) is 11.7 Å². The van der Waals surface area contributed by atoms with Crippen molar-refractivity contribution in [2.75, 3.05) is 4.90 Å². The lowest BCUT2D eigenvalue weighted by atomic mass is 10.0. The van der Waals surface area contributed by atoms with E-state index in [0.717, 1.165) is 22.9 Å². The van der Waals surface area contributed by atoms with Gasteiger partial charge >= 0.3 is 0 Å². The topological polar surface area (TPSA) is 41.3 Å². The quantitative estimate of drug-likeness (QED) is 0.728. The number of pyridine rings is 1. The highest BCUT2D eigenvalue weighted by Gasteiger charge is 2.42. The molecular weight excluding hydrogens is 318 g/mol. The molecule has 0 amide bonds. The van der Waals surface area contributed by atoms with Crippen molar-refractivity contribution in [1.82, 2.24) is 10.3 Å². The van der Waals surface area contributed by atoms with E-state index in [1.54, 1.807) is 6.20 Å². The second-order valence-corrected chi connectivity index (χ2v) is 6.17. The smallest absolute Gasteiger partial charge is 0.174 e. The molecule has 4 rings (SSSR count). The van der Waals surface area contributed by atoms with Crippen molar-refractivity contribution in [3.05, 3.63) is 84.1 Å². The fourth-order valence-corrected chi connectivity index (χ4v) is 3.47. The fraction of sp³-hybridized carbons (Fsp3) is 0.158. The highest BCUT2D eigenvalue weighted by molar-refractivity contribution is 7.80. The first-order chi connectivity index (χ1) is 11.7. The number of furan rings is 1. The summed E-state index contributed by atoms with van der Waals surface area (Å²) < 4.78 is 5.95. The Kier molecular flexibility index (Phi) is 3.78. The molecule has 3 heterocycles. The summed E-state index contributed by atoms with van der Waals surface area (Å²) in [6.07, 6.45) is 1.80. The molecule has 1 N–H and O–H groups in total. The van der Waals surface area contributed by atoms with Gasteiger partial charge in [0.1, 0.15) is 17.6 Å². The molecule has 0 bridgehead atoms. The van der Waals surface area contributed by atoms with Gasteiger partial charge in [0, 0.05) is 11.9 Å². The standard InChI is InChI=1S/C19H17N3OS/c1-13-10-11-16(23-13)18-17(15-9-5-6-12-20-15)21-19(24)22(18)14-7-3-2-4-8-14/h2-12,17-18H,1H3,(H,21,24)/t17-,18-/m1/s1. The van der Waals surface area contributed by atoms with Crippen molar-refractivity contribution in [2.24, 2.45) is 0 Å². The number of anilines is 1. The van der Waals surface area contributed by atoms with E-state index >= 15 is 0 Å². The number of hydrogen-bond acceptors (Lipinski definition) is 3. The molecule has 1 fully saturated rings. The monoisotopic (exact) mass is 335 g/mol. The predicted octanol–water partition coefficient (Wildman–Crippen LogP) is 4.16. The Morgan fingerprint density at radius 3 is 2.50 bits per heavy atom. The third-order valence-corrected chi connectivity index (χ3v) is 4.50. The zero-order chi connectivity index (χ0) is 16.5. The Morgan fingerprint density at radius 2 is 1.83 bits per heavy atom. The lowest BCUT2D eigenvalue weighted by Crippen LogP contribution is -2.29. The zero-order valence-corrected chi connectivity index (χ0v) is 14.0. The summed E-state index contributed by atoms with van der Waals surface area (Å²) >= 11 is 5.63. The largest absolute Gasteiger partial charge is 0.464 e. The highest BCUT2D eigenvalue weighted by atomic mass is 32.1. The van der Waals surface area contributed by atoms with Crippen molar-refractivity contribution in [1.29, 1.82) is 0 Å². The molecule has 0 saturated carbocycles. The molecule has 0 unspecified atom stereocenters. The summed E-state index contributed by atoms with van der Waals surface area (Å²) in [5.41, 5.74) is 1.98. The molecular formula is C19H17N3OS. The molecule has 1 aliphatic heterocycles. The van der Waals surface area contributed by atoms with E-state index in [-0.39, 0.29) is 12.1 Å². The molecule has 2 atom stereocenters. The van der Waals surface area contributed by atoms with Crippen LogP contribution in [0.2, 0.25) is 0 Å². The van der Waals surface area contributed by atoms with Gasteiger partial charge in [0.2, 0.25) is 0 Å². The summed E-state index contributed by atoms with van der Waals surface area (Å²) in [6.45, 7) is 1.95. The summed E-state index contributed by atoms with van der Waals surface area (Å²) in [5.74, 6) is 1.76. The van der Waals surface area contributed by atoms with Crippen molar-refractivity contribution < 1.29 is 4.42 Å². The number of para-hydroxylation sites is 1. The number of benzene rings is 1. The number of hydrogen-bond donors (Lipinski definition) is 1. The predicted molar refractivity (Wildman–Crippen MR) is 97.8 cm³/mol. The van der Waals surface area contributed by atoms with E-state index in [1.807, 2.05) is 55.5 Å². The summed E-state index contributed by atoms with van der Waals surface area (Å²) in [4.78, 5) is 6.62. The molecule has 1 aliphatic rings. The molecule has 5 heteroatoms.